The predicted octanol–water partition coefficient (Wildman–Crippen LogP) is 4.35. The van der Waals surface area contributed by atoms with E-state index in [1.165, 1.54) is 6.07 Å². The molecule has 2 nitrogen and oxygen atoms in total. The van der Waals surface area contributed by atoms with Crippen molar-refractivity contribution in [1.29, 1.82) is 0 Å². The highest BCUT2D eigenvalue weighted by Gasteiger charge is 2.16. The summed E-state index contributed by atoms with van der Waals surface area (Å²) in [4.78, 5) is 0. The van der Waals surface area contributed by atoms with Gasteiger partial charge in [-0.3, -0.25) is 0 Å². The van der Waals surface area contributed by atoms with Crippen molar-refractivity contribution >= 4 is 33.2 Å². The van der Waals surface area contributed by atoms with E-state index in [0.29, 0.717) is 5.56 Å². The lowest BCUT2D eigenvalue weighted by atomic mass is 10.1. The van der Waals surface area contributed by atoms with Crippen LogP contribution in [0.25, 0.3) is 0 Å². The Labute approximate surface area is 124 Å². The Balaban J connectivity index is 2.31. The fourth-order valence-electron chi connectivity index (χ4n) is 1.82. The van der Waals surface area contributed by atoms with Crippen molar-refractivity contribution in [1.82, 2.24) is 0 Å². The Bertz CT molecular complexity index is 577. The van der Waals surface area contributed by atoms with Crippen LogP contribution in [0, 0.1) is 5.82 Å². The molecule has 0 aromatic heterocycles. The van der Waals surface area contributed by atoms with E-state index in [4.69, 9.17) is 17.3 Å². The molecule has 0 radical (unpaired) electrons. The van der Waals surface area contributed by atoms with Gasteiger partial charge in [-0.25, -0.2) is 4.39 Å². The van der Waals surface area contributed by atoms with Gasteiger partial charge in [-0.2, -0.15) is 0 Å². The average molecular weight is 344 g/mol. The van der Waals surface area contributed by atoms with Crippen LogP contribution in [0.4, 0.5) is 10.1 Å². The summed E-state index contributed by atoms with van der Waals surface area (Å²) < 4.78 is 14.9. The number of rotatable bonds is 4. The highest BCUT2D eigenvalue weighted by molar-refractivity contribution is 9.10. The van der Waals surface area contributed by atoms with Gasteiger partial charge in [0.25, 0.3) is 0 Å². The largest absolute Gasteiger partial charge is 0.376 e. The lowest BCUT2D eigenvalue weighted by Crippen LogP contribution is -2.22. The molecule has 2 rings (SSSR count). The van der Waals surface area contributed by atoms with E-state index in [2.05, 4.69) is 21.2 Å². The van der Waals surface area contributed by atoms with Crippen molar-refractivity contribution < 1.29 is 4.39 Å². The number of para-hydroxylation sites is 1. The molecule has 1 atom stereocenters. The van der Waals surface area contributed by atoms with Crippen molar-refractivity contribution in [2.45, 2.75) is 6.04 Å². The molecule has 0 aliphatic carbocycles. The molecule has 0 amide bonds. The maximum atomic E-state index is 14.0. The van der Waals surface area contributed by atoms with Crippen molar-refractivity contribution in [3.63, 3.8) is 0 Å². The van der Waals surface area contributed by atoms with Crippen LogP contribution in [0.1, 0.15) is 11.6 Å². The number of benzene rings is 2. The van der Waals surface area contributed by atoms with Gasteiger partial charge in [0.05, 0.1) is 11.1 Å². The second kappa shape index (κ2) is 6.37. The summed E-state index contributed by atoms with van der Waals surface area (Å²) in [6.45, 7) is 0.262. The molecule has 2 aromatic carbocycles. The zero-order chi connectivity index (χ0) is 13.8. The number of nitrogens with one attached hydrogen (secondary N) is 1. The molecule has 1 unspecified atom stereocenters. The molecule has 0 spiro atoms. The fourth-order valence-corrected chi connectivity index (χ4v) is 2.40. The summed E-state index contributed by atoms with van der Waals surface area (Å²) in [5, 5.41) is 3.31. The first-order chi connectivity index (χ1) is 9.13. The summed E-state index contributed by atoms with van der Waals surface area (Å²) in [5.41, 5.74) is 7.06. The molecule has 0 aliphatic rings. The minimum absolute atomic E-state index is 0.102. The van der Waals surface area contributed by atoms with E-state index >= 15 is 0 Å². The SMILES string of the molecule is NCC(Nc1ccccc1Br)c1cccc(Cl)c1F. The summed E-state index contributed by atoms with van der Waals surface area (Å²) in [6, 6.07) is 12.2. The maximum absolute atomic E-state index is 14.0. The van der Waals surface area contributed by atoms with Crippen LogP contribution in [0.5, 0.6) is 0 Å². The molecule has 19 heavy (non-hydrogen) atoms. The third kappa shape index (κ3) is 3.26. The average Bonchev–Trinajstić information content (AvgIpc) is 2.41. The molecular formula is C14H13BrClFN2. The van der Waals surface area contributed by atoms with Crippen LogP contribution in [0.15, 0.2) is 46.9 Å². The third-order valence-electron chi connectivity index (χ3n) is 2.80. The van der Waals surface area contributed by atoms with Crippen LogP contribution in [-0.2, 0) is 0 Å². The molecule has 0 heterocycles. The van der Waals surface area contributed by atoms with E-state index in [1.54, 1.807) is 12.1 Å². The molecule has 5 heteroatoms. The summed E-state index contributed by atoms with van der Waals surface area (Å²) in [6.07, 6.45) is 0. The first kappa shape index (κ1) is 14.3. The Morgan fingerprint density at radius 1 is 1.21 bits per heavy atom. The molecular weight excluding hydrogens is 331 g/mol. The number of hydrogen-bond acceptors (Lipinski definition) is 2. The number of nitrogens with two attached hydrogens (primary N) is 1. The fraction of sp³-hybridized carbons (Fsp3) is 0.143. The second-order valence-corrected chi connectivity index (χ2v) is 5.32. The Hall–Kier alpha value is -1.10. The Morgan fingerprint density at radius 3 is 2.63 bits per heavy atom. The zero-order valence-corrected chi connectivity index (χ0v) is 12.4. The molecule has 0 saturated heterocycles. The van der Waals surface area contributed by atoms with Gasteiger partial charge in [0.2, 0.25) is 0 Å². The zero-order valence-electron chi connectivity index (χ0n) is 10.0. The van der Waals surface area contributed by atoms with Crippen molar-refractivity contribution in [2.75, 3.05) is 11.9 Å². The molecule has 2 aromatic rings. The standard InChI is InChI=1S/C14H13BrClFN2/c15-10-5-1-2-7-12(10)19-13(8-18)9-4-3-6-11(16)14(9)17/h1-7,13,19H,8,18H2. The smallest absolute Gasteiger partial charge is 0.147 e. The summed E-state index contributed by atoms with van der Waals surface area (Å²) in [7, 11) is 0. The van der Waals surface area contributed by atoms with Crippen molar-refractivity contribution in [2.24, 2.45) is 5.73 Å². The number of hydrogen-bond donors (Lipinski definition) is 2. The number of anilines is 1. The van der Waals surface area contributed by atoms with Gasteiger partial charge < -0.3 is 11.1 Å². The van der Waals surface area contributed by atoms with E-state index in [0.717, 1.165) is 10.2 Å². The molecule has 0 fully saturated rings. The molecule has 3 N–H and O–H groups in total. The highest BCUT2D eigenvalue weighted by Crippen LogP contribution is 2.29. The number of halogens is 3. The van der Waals surface area contributed by atoms with Crippen LogP contribution >= 0.6 is 27.5 Å². The van der Waals surface area contributed by atoms with Gasteiger partial charge >= 0.3 is 0 Å². The quantitative estimate of drug-likeness (QED) is 0.866. The van der Waals surface area contributed by atoms with E-state index < -0.39 is 5.82 Å². The van der Waals surface area contributed by atoms with Gasteiger partial charge in [-0.15, -0.1) is 0 Å². The second-order valence-electron chi connectivity index (χ2n) is 4.06. The lowest BCUT2D eigenvalue weighted by Gasteiger charge is -2.20. The summed E-state index contributed by atoms with van der Waals surface area (Å²) in [5.74, 6) is -0.431. The third-order valence-corrected chi connectivity index (χ3v) is 3.78. The van der Waals surface area contributed by atoms with Crippen LogP contribution in [-0.4, -0.2) is 6.54 Å². The van der Waals surface area contributed by atoms with Crippen molar-refractivity contribution in [3.05, 3.63) is 63.3 Å². The summed E-state index contributed by atoms with van der Waals surface area (Å²) >= 11 is 9.23. The van der Waals surface area contributed by atoms with Crippen LogP contribution < -0.4 is 11.1 Å². The van der Waals surface area contributed by atoms with Crippen LogP contribution in [0.2, 0.25) is 5.02 Å². The van der Waals surface area contributed by atoms with E-state index in [1.807, 2.05) is 24.3 Å². The van der Waals surface area contributed by atoms with Crippen LogP contribution in [0.3, 0.4) is 0 Å². The van der Waals surface area contributed by atoms with Gasteiger partial charge in [0, 0.05) is 22.3 Å². The van der Waals surface area contributed by atoms with Crippen molar-refractivity contribution in [3.8, 4) is 0 Å². The first-order valence-electron chi connectivity index (χ1n) is 5.78. The first-order valence-corrected chi connectivity index (χ1v) is 6.95. The van der Waals surface area contributed by atoms with Gasteiger partial charge in [-0.1, -0.05) is 35.9 Å². The molecule has 0 aliphatic heterocycles. The molecule has 0 saturated carbocycles. The predicted molar refractivity (Wildman–Crippen MR) is 81.0 cm³/mol. The minimum atomic E-state index is -0.431. The molecule has 100 valence electrons. The van der Waals surface area contributed by atoms with Gasteiger partial charge in [0.1, 0.15) is 5.82 Å². The Morgan fingerprint density at radius 2 is 1.95 bits per heavy atom. The lowest BCUT2D eigenvalue weighted by molar-refractivity contribution is 0.594. The van der Waals surface area contributed by atoms with E-state index in [9.17, 15) is 4.39 Å². The highest BCUT2D eigenvalue weighted by atomic mass is 79.9. The molecule has 0 bridgehead atoms. The van der Waals surface area contributed by atoms with Gasteiger partial charge in [0.15, 0.2) is 0 Å². The van der Waals surface area contributed by atoms with E-state index in [-0.39, 0.29) is 17.6 Å². The minimum Gasteiger partial charge on any atom is -0.376 e. The topological polar surface area (TPSA) is 38.0 Å². The monoisotopic (exact) mass is 342 g/mol. The maximum Gasteiger partial charge on any atom is 0.147 e. The Kier molecular flexibility index (Phi) is 4.80. The van der Waals surface area contributed by atoms with Gasteiger partial charge in [-0.05, 0) is 34.1 Å². The normalized spacial score (nSPS) is 12.2.